The largest absolute Gasteiger partial charge is 0.416 e. The molecule has 152 valence electrons. The van der Waals surface area contributed by atoms with Crippen molar-refractivity contribution in [1.29, 1.82) is 0 Å². The van der Waals surface area contributed by atoms with Crippen LogP contribution in [0.2, 0.25) is 0 Å². The Morgan fingerprint density at radius 2 is 1.97 bits per heavy atom. The molecule has 0 saturated carbocycles. The molecule has 0 radical (unpaired) electrons. The van der Waals surface area contributed by atoms with Gasteiger partial charge < -0.3 is 10.2 Å². The molecule has 1 N–H and O–H groups in total. The summed E-state index contributed by atoms with van der Waals surface area (Å²) in [5, 5.41) is 4.65. The van der Waals surface area contributed by atoms with Gasteiger partial charge in [0.25, 0.3) is 11.8 Å². The van der Waals surface area contributed by atoms with Crippen LogP contribution in [0.5, 0.6) is 0 Å². The van der Waals surface area contributed by atoms with Gasteiger partial charge in [-0.2, -0.15) is 13.2 Å². The lowest BCUT2D eigenvalue weighted by Gasteiger charge is -2.32. The van der Waals surface area contributed by atoms with Gasteiger partial charge in [-0.1, -0.05) is 12.1 Å². The first-order chi connectivity index (χ1) is 13.8. The summed E-state index contributed by atoms with van der Waals surface area (Å²) in [5.41, 5.74) is -1.04. The molecule has 4 rings (SSSR count). The molecule has 0 bridgehead atoms. The Morgan fingerprint density at radius 3 is 2.66 bits per heavy atom. The first-order valence-electron chi connectivity index (χ1n) is 8.92. The number of piperidine rings is 1. The van der Waals surface area contributed by atoms with E-state index in [1.807, 2.05) is 0 Å². The topological polar surface area (TPSA) is 69.7 Å². The molecule has 1 aromatic heterocycles. The number of anilines is 1. The number of rotatable bonds is 3. The maximum Gasteiger partial charge on any atom is 0.416 e. The molecule has 0 aliphatic carbocycles. The summed E-state index contributed by atoms with van der Waals surface area (Å²) in [5.74, 6) is -0.825. The minimum atomic E-state index is -4.58. The normalized spacial score (nSPS) is 22.0. The Kier molecular flexibility index (Phi) is 4.81. The second kappa shape index (κ2) is 7.18. The summed E-state index contributed by atoms with van der Waals surface area (Å²) in [6.45, 7) is 0.236. The number of amides is 4. The average molecular weight is 423 g/mol. The van der Waals surface area contributed by atoms with Gasteiger partial charge in [-0.05, 0) is 42.5 Å². The van der Waals surface area contributed by atoms with Crippen molar-refractivity contribution in [3.63, 3.8) is 0 Å². The fourth-order valence-electron chi connectivity index (χ4n) is 3.65. The predicted octanol–water partition coefficient (Wildman–Crippen LogP) is 3.50. The molecule has 2 aliphatic heterocycles. The minimum Gasteiger partial charge on any atom is -0.348 e. The molecule has 6 nitrogen and oxygen atoms in total. The van der Waals surface area contributed by atoms with E-state index in [9.17, 15) is 27.6 Å². The highest BCUT2D eigenvalue weighted by Crippen LogP contribution is 2.35. The van der Waals surface area contributed by atoms with E-state index in [2.05, 4.69) is 5.32 Å². The fraction of sp³-hybridized carbons (Fsp3) is 0.316. The van der Waals surface area contributed by atoms with Gasteiger partial charge in [-0.3, -0.25) is 9.59 Å². The van der Waals surface area contributed by atoms with Crippen LogP contribution < -0.4 is 10.2 Å². The molecule has 0 unspecified atom stereocenters. The number of nitrogens with one attached hydrogen (secondary N) is 1. The summed E-state index contributed by atoms with van der Waals surface area (Å²) in [6, 6.07) is 5.86. The summed E-state index contributed by atoms with van der Waals surface area (Å²) in [6.07, 6.45) is -3.90. The van der Waals surface area contributed by atoms with E-state index in [1.165, 1.54) is 28.4 Å². The van der Waals surface area contributed by atoms with Gasteiger partial charge >= 0.3 is 12.2 Å². The number of thiophene rings is 1. The quantitative estimate of drug-likeness (QED) is 0.769. The number of hydrogen-bond acceptors (Lipinski definition) is 4. The third kappa shape index (κ3) is 3.59. The van der Waals surface area contributed by atoms with Crippen molar-refractivity contribution >= 4 is 34.9 Å². The lowest BCUT2D eigenvalue weighted by Crippen LogP contribution is -2.49. The van der Waals surface area contributed by atoms with Crippen LogP contribution in [0, 0.1) is 0 Å². The summed E-state index contributed by atoms with van der Waals surface area (Å²) < 4.78 is 39.0. The molecule has 2 aromatic rings. The molecule has 2 atom stereocenters. The Morgan fingerprint density at radius 1 is 1.17 bits per heavy atom. The molecule has 2 saturated heterocycles. The van der Waals surface area contributed by atoms with Crippen LogP contribution >= 0.6 is 11.3 Å². The van der Waals surface area contributed by atoms with Crippen molar-refractivity contribution in [1.82, 2.24) is 10.2 Å². The van der Waals surface area contributed by atoms with Gasteiger partial charge in [0.05, 0.1) is 16.1 Å². The zero-order valence-electron chi connectivity index (χ0n) is 15.0. The van der Waals surface area contributed by atoms with Crippen molar-refractivity contribution in [3.8, 4) is 0 Å². The smallest absolute Gasteiger partial charge is 0.348 e. The third-order valence-electron chi connectivity index (χ3n) is 5.06. The fourth-order valence-corrected chi connectivity index (χ4v) is 4.28. The van der Waals surface area contributed by atoms with Crippen LogP contribution in [-0.4, -0.2) is 41.4 Å². The second-order valence-corrected chi connectivity index (χ2v) is 7.83. The molecular formula is C19H16F3N3O3S. The van der Waals surface area contributed by atoms with E-state index >= 15 is 0 Å². The number of imide groups is 1. The molecule has 1 aromatic carbocycles. The molecule has 29 heavy (non-hydrogen) atoms. The van der Waals surface area contributed by atoms with Gasteiger partial charge in [-0.15, -0.1) is 11.3 Å². The molecular weight excluding hydrogens is 407 g/mol. The van der Waals surface area contributed by atoms with Gasteiger partial charge in [-0.25, -0.2) is 9.69 Å². The van der Waals surface area contributed by atoms with Crippen LogP contribution in [0.3, 0.4) is 0 Å². The highest BCUT2D eigenvalue weighted by atomic mass is 32.1. The Balaban J connectivity index is 1.52. The molecule has 3 heterocycles. The van der Waals surface area contributed by atoms with Crippen LogP contribution in [0.1, 0.15) is 28.1 Å². The minimum absolute atomic E-state index is 0.108. The van der Waals surface area contributed by atoms with E-state index in [4.69, 9.17) is 0 Å². The first kappa shape index (κ1) is 19.4. The number of hydrogen-bond donors (Lipinski definition) is 1. The maximum atomic E-state index is 13.0. The maximum absolute atomic E-state index is 13.0. The average Bonchev–Trinajstić information content (AvgIpc) is 3.29. The van der Waals surface area contributed by atoms with Gasteiger partial charge in [0, 0.05) is 12.6 Å². The van der Waals surface area contributed by atoms with E-state index < -0.39 is 29.7 Å². The van der Waals surface area contributed by atoms with Crippen molar-refractivity contribution in [2.45, 2.75) is 31.1 Å². The monoisotopic (exact) mass is 423 g/mol. The Labute approximate surface area is 167 Å². The molecule has 0 spiro atoms. The molecule has 2 fully saturated rings. The highest BCUT2D eigenvalue weighted by molar-refractivity contribution is 7.12. The number of benzene rings is 1. The first-order valence-corrected chi connectivity index (χ1v) is 9.80. The van der Waals surface area contributed by atoms with Crippen LogP contribution in [0.25, 0.3) is 0 Å². The number of carbonyl (C=O) groups excluding carboxylic acids is 3. The Bertz CT molecular complexity index is 961. The SMILES string of the molecule is O=C(N[C@H]1CCN2C(=O)N(c3cccc(C(F)(F)F)c3)C(=O)[C@@H]2C1)c1cccs1. The van der Waals surface area contributed by atoms with Crippen molar-refractivity contribution in [3.05, 3.63) is 52.2 Å². The van der Waals surface area contributed by atoms with Crippen molar-refractivity contribution in [2.75, 3.05) is 11.4 Å². The zero-order chi connectivity index (χ0) is 20.8. The number of urea groups is 1. The summed E-state index contributed by atoms with van der Waals surface area (Å²) in [7, 11) is 0. The lowest BCUT2D eigenvalue weighted by atomic mass is 9.98. The van der Waals surface area contributed by atoms with Gasteiger partial charge in [0.15, 0.2) is 0 Å². The van der Waals surface area contributed by atoms with Gasteiger partial charge in [0.2, 0.25) is 0 Å². The zero-order valence-corrected chi connectivity index (χ0v) is 15.8. The Hall–Kier alpha value is -2.88. The number of nitrogens with zero attached hydrogens (tertiary/aromatic N) is 2. The number of halogens is 3. The molecule has 4 amide bonds. The summed E-state index contributed by atoms with van der Waals surface area (Å²) in [4.78, 5) is 40.5. The van der Waals surface area contributed by atoms with E-state index in [0.29, 0.717) is 11.3 Å². The van der Waals surface area contributed by atoms with Crippen LogP contribution in [-0.2, 0) is 11.0 Å². The van der Waals surface area contributed by atoms with Crippen LogP contribution in [0.15, 0.2) is 41.8 Å². The molecule has 10 heteroatoms. The lowest BCUT2D eigenvalue weighted by molar-refractivity contribution is -0.137. The number of carbonyl (C=O) groups is 3. The van der Waals surface area contributed by atoms with Crippen molar-refractivity contribution < 1.29 is 27.6 Å². The third-order valence-corrected chi connectivity index (χ3v) is 5.93. The number of alkyl halides is 3. The summed E-state index contributed by atoms with van der Waals surface area (Å²) >= 11 is 1.30. The van der Waals surface area contributed by atoms with E-state index in [1.54, 1.807) is 17.5 Å². The predicted molar refractivity (Wildman–Crippen MR) is 99.6 cm³/mol. The van der Waals surface area contributed by atoms with Gasteiger partial charge in [0.1, 0.15) is 6.04 Å². The molecule has 2 aliphatic rings. The van der Waals surface area contributed by atoms with E-state index in [-0.39, 0.29) is 30.6 Å². The highest BCUT2D eigenvalue weighted by Gasteiger charge is 2.49. The van der Waals surface area contributed by atoms with E-state index in [0.717, 1.165) is 17.0 Å². The van der Waals surface area contributed by atoms with Crippen LogP contribution in [0.4, 0.5) is 23.7 Å². The second-order valence-electron chi connectivity index (χ2n) is 6.89. The van der Waals surface area contributed by atoms with Crippen molar-refractivity contribution in [2.24, 2.45) is 0 Å². The standard InChI is InChI=1S/C19H16F3N3O3S/c20-19(21,22)11-3-1-4-13(9-11)25-17(27)14-10-12(6-7-24(14)18(25)28)23-16(26)15-5-2-8-29-15/h1-5,8-9,12,14H,6-7,10H2,(H,23,26)/t12-,14-/m0/s1. The number of fused-ring (bicyclic) bond motifs is 1.